The zero-order valence-electron chi connectivity index (χ0n) is 17.4. The van der Waals surface area contributed by atoms with E-state index >= 15 is 0 Å². The average Bonchev–Trinajstić information content (AvgIpc) is 3.39. The second-order valence-electron chi connectivity index (χ2n) is 7.77. The van der Waals surface area contributed by atoms with Gasteiger partial charge in [0.15, 0.2) is 0 Å². The van der Waals surface area contributed by atoms with Crippen molar-refractivity contribution < 1.29 is 9.50 Å². The van der Waals surface area contributed by atoms with Gasteiger partial charge in [0, 0.05) is 53.3 Å². The van der Waals surface area contributed by atoms with E-state index in [0.29, 0.717) is 11.3 Å². The van der Waals surface area contributed by atoms with E-state index in [0.717, 1.165) is 22.1 Å². The van der Waals surface area contributed by atoms with Crippen LogP contribution in [0.3, 0.4) is 0 Å². The lowest BCUT2D eigenvalue weighted by molar-refractivity contribution is 0.0933. The number of rotatable bonds is 4. The van der Waals surface area contributed by atoms with Crippen LogP contribution in [0.1, 0.15) is 18.2 Å². The Hall–Kier alpha value is -4.11. The van der Waals surface area contributed by atoms with Crippen molar-refractivity contribution >= 4 is 17.0 Å². The summed E-state index contributed by atoms with van der Waals surface area (Å²) in [6, 6.07) is 9.63. The monoisotopic (exact) mass is 429 g/mol. The van der Waals surface area contributed by atoms with Crippen molar-refractivity contribution in [2.45, 2.75) is 12.5 Å². The summed E-state index contributed by atoms with van der Waals surface area (Å²) < 4.78 is 16.1. The smallest absolute Gasteiger partial charge is 0.220 e. The molecule has 0 aliphatic rings. The van der Waals surface area contributed by atoms with Gasteiger partial charge in [-0.1, -0.05) is 18.2 Å². The Balaban J connectivity index is 1.64. The highest BCUT2D eigenvalue weighted by atomic mass is 19.1. The first kappa shape index (κ1) is 19.8. The summed E-state index contributed by atoms with van der Waals surface area (Å²) in [5, 5.41) is 16.2. The minimum atomic E-state index is -1.71. The minimum Gasteiger partial charge on any atom is -0.379 e. The highest BCUT2D eigenvalue weighted by molar-refractivity contribution is 5.95. The number of nitrogens with zero attached hydrogens (tertiary/aromatic N) is 5. The van der Waals surface area contributed by atoms with Gasteiger partial charge in [0.05, 0.1) is 17.6 Å². The largest absolute Gasteiger partial charge is 0.379 e. The molecule has 0 unspecified atom stereocenters. The third kappa shape index (κ3) is 3.28. The molecule has 1 atom stereocenters. The molecule has 9 heteroatoms. The maximum Gasteiger partial charge on any atom is 0.220 e. The molecule has 5 rings (SSSR count). The molecule has 32 heavy (non-hydrogen) atoms. The molecule has 5 aromatic rings. The van der Waals surface area contributed by atoms with Crippen molar-refractivity contribution in [2.75, 3.05) is 5.73 Å². The van der Waals surface area contributed by atoms with E-state index < -0.39 is 11.4 Å². The SMILES string of the molecule is Cn1cc(-c2cnc3[nH]cc(-c4cc([C@@](C)(O)c5ccccc5F)nc(N)n4)c3c2)cn1. The quantitative estimate of drug-likeness (QED) is 0.403. The zero-order chi connectivity index (χ0) is 22.5. The van der Waals surface area contributed by atoms with E-state index in [1.807, 2.05) is 19.3 Å². The van der Waals surface area contributed by atoms with Crippen LogP contribution in [0.5, 0.6) is 0 Å². The number of anilines is 1. The Morgan fingerprint density at radius 3 is 2.69 bits per heavy atom. The second-order valence-corrected chi connectivity index (χ2v) is 7.77. The standard InChI is InChI=1S/C23H20FN7O/c1-23(32,17-5-3-4-6-18(17)24)20-8-19(29-22(25)30-20)16-11-27-21-15(16)7-13(9-26-21)14-10-28-31(2)12-14/h3-12,32H,1-2H3,(H,26,27)(H2,25,29,30)/t23-/m0/s1. The number of nitrogen functional groups attached to an aromatic ring is 1. The molecule has 4 N–H and O–H groups in total. The van der Waals surface area contributed by atoms with Crippen LogP contribution in [-0.2, 0) is 12.6 Å². The number of aliphatic hydroxyl groups is 1. The first-order valence-corrected chi connectivity index (χ1v) is 9.92. The molecule has 0 aliphatic heterocycles. The van der Waals surface area contributed by atoms with Crippen molar-refractivity contribution in [2.24, 2.45) is 7.05 Å². The molecule has 1 aromatic carbocycles. The predicted molar refractivity (Wildman–Crippen MR) is 119 cm³/mol. The number of benzene rings is 1. The van der Waals surface area contributed by atoms with Crippen LogP contribution in [0.25, 0.3) is 33.4 Å². The Morgan fingerprint density at radius 2 is 1.94 bits per heavy atom. The molecule has 0 radical (unpaired) electrons. The number of fused-ring (bicyclic) bond motifs is 1. The van der Waals surface area contributed by atoms with E-state index in [-0.39, 0.29) is 17.2 Å². The summed E-state index contributed by atoms with van der Waals surface area (Å²) in [6.07, 6.45) is 7.21. The summed E-state index contributed by atoms with van der Waals surface area (Å²) in [7, 11) is 1.85. The molecule has 160 valence electrons. The van der Waals surface area contributed by atoms with Crippen molar-refractivity contribution in [1.82, 2.24) is 29.7 Å². The number of H-pyrrole nitrogens is 1. The first-order valence-electron chi connectivity index (χ1n) is 9.92. The summed E-state index contributed by atoms with van der Waals surface area (Å²) in [6.45, 7) is 1.48. The van der Waals surface area contributed by atoms with Crippen LogP contribution in [0, 0.1) is 5.82 Å². The fourth-order valence-corrected chi connectivity index (χ4v) is 3.79. The lowest BCUT2D eigenvalue weighted by Crippen LogP contribution is -2.26. The van der Waals surface area contributed by atoms with Gasteiger partial charge in [-0.25, -0.2) is 19.3 Å². The van der Waals surface area contributed by atoms with Gasteiger partial charge < -0.3 is 15.8 Å². The van der Waals surface area contributed by atoms with Gasteiger partial charge in [-0.05, 0) is 25.1 Å². The Labute approximate surface area is 182 Å². The molecule has 0 saturated heterocycles. The number of aromatic amines is 1. The average molecular weight is 429 g/mol. The van der Waals surface area contributed by atoms with Gasteiger partial charge in [-0.3, -0.25) is 4.68 Å². The van der Waals surface area contributed by atoms with Gasteiger partial charge in [0.1, 0.15) is 17.1 Å². The van der Waals surface area contributed by atoms with Crippen molar-refractivity contribution in [3.8, 4) is 22.4 Å². The van der Waals surface area contributed by atoms with Crippen molar-refractivity contribution in [3.63, 3.8) is 0 Å². The normalized spacial score (nSPS) is 13.4. The van der Waals surface area contributed by atoms with Gasteiger partial charge >= 0.3 is 0 Å². The van der Waals surface area contributed by atoms with E-state index in [4.69, 9.17) is 5.73 Å². The molecule has 0 saturated carbocycles. The van der Waals surface area contributed by atoms with E-state index in [1.165, 1.54) is 19.1 Å². The highest BCUT2D eigenvalue weighted by Gasteiger charge is 2.31. The third-order valence-corrected chi connectivity index (χ3v) is 5.49. The van der Waals surface area contributed by atoms with E-state index in [1.54, 1.807) is 41.5 Å². The van der Waals surface area contributed by atoms with E-state index in [2.05, 4.69) is 25.0 Å². The molecular formula is C23H20FN7O. The Kier molecular flexibility index (Phi) is 4.49. The maximum absolute atomic E-state index is 14.4. The number of nitrogens with two attached hydrogens (primary N) is 1. The summed E-state index contributed by atoms with van der Waals surface area (Å²) >= 11 is 0. The topological polar surface area (TPSA) is 119 Å². The van der Waals surface area contributed by atoms with Crippen molar-refractivity contribution in [3.05, 3.63) is 78.3 Å². The number of hydrogen-bond donors (Lipinski definition) is 3. The van der Waals surface area contributed by atoms with Crippen LogP contribution in [0.4, 0.5) is 10.3 Å². The maximum atomic E-state index is 14.4. The lowest BCUT2D eigenvalue weighted by atomic mass is 9.91. The van der Waals surface area contributed by atoms with Gasteiger partial charge in [0.2, 0.25) is 5.95 Å². The van der Waals surface area contributed by atoms with Crippen LogP contribution in [-0.4, -0.2) is 34.8 Å². The molecule has 0 spiro atoms. The molecule has 4 heterocycles. The lowest BCUT2D eigenvalue weighted by Gasteiger charge is -2.24. The number of aryl methyl sites for hydroxylation is 1. The van der Waals surface area contributed by atoms with Crippen molar-refractivity contribution in [1.29, 1.82) is 0 Å². The van der Waals surface area contributed by atoms with Gasteiger partial charge in [-0.2, -0.15) is 5.10 Å². The number of halogens is 1. The number of pyridine rings is 1. The fourth-order valence-electron chi connectivity index (χ4n) is 3.79. The predicted octanol–water partition coefficient (Wildman–Crippen LogP) is 3.40. The number of nitrogens with one attached hydrogen (secondary N) is 1. The van der Waals surface area contributed by atoms with Gasteiger partial charge in [0.25, 0.3) is 0 Å². The molecule has 0 aliphatic carbocycles. The molecule has 0 amide bonds. The minimum absolute atomic E-state index is 0.0279. The first-order chi connectivity index (χ1) is 15.3. The van der Waals surface area contributed by atoms with Crippen LogP contribution in [0.2, 0.25) is 0 Å². The zero-order valence-corrected chi connectivity index (χ0v) is 17.4. The summed E-state index contributed by atoms with van der Waals surface area (Å²) in [5.41, 5.74) is 8.29. The highest BCUT2D eigenvalue weighted by Crippen LogP contribution is 2.34. The number of aromatic nitrogens is 6. The molecule has 0 bridgehead atoms. The summed E-state index contributed by atoms with van der Waals surface area (Å²) in [5.74, 6) is -0.562. The van der Waals surface area contributed by atoms with E-state index in [9.17, 15) is 9.50 Å². The van der Waals surface area contributed by atoms with Crippen LogP contribution >= 0.6 is 0 Å². The fraction of sp³-hybridized carbons (Fsp3) is 0.130. The van der Waals surface area contributed by atoms with Crippen LogP contribution in [0.15, 0.2) is 61.2 Å². The molecular weight excluding hydrogens is 409 g/mol. The summed E-state index contributed by atoms with van der Waals surface area (Å²) in [4.78, 5) is 16.2. The van der Waals surface area contributed by atoms with Crippen LogP contribution < -0.4 is 5.73 Å². The second kappa shape index (κ2) is 7.24. The molecule has 0 fully saturated rings. The molecule has 8 nitrogen and oxygen atoms in total. The Bertz CT molecular complexity index is 1450. The third-order valence-electron chi connectivity index (χ3n) is 5.49. The number of hydrogen-bond acceptors (Lipinski definition) is 6. The Morgan fingerprint density at radius 1 is 1.12 bits per heavy atom. The molecule has 4 aromatic heterocycles. The van der Waals surface area contributed by atoms with Gasteiger partial charge in [-0.15, -0.1) is 0 Å².